The third-order valence-electron chi connectivity index (χ3n) is 4.00. The zero-order valence-corrected chi connectivity index (χ0v) is 12.2. The highest BCUT2D eigenvalue weighted by Crippen LogP contribution is 2.27. The molecule has 0 radical (unpaired) electrons. The Labute approximate surface area is 124 Å². The molecule has 0 aliphatic heterocycles. The van der Waals surface area contributed by atoms with Crippen molar-refractivity contribution >= 4 is 12.0 Å². The minimum atomic E-state index is -0.273. The van der Waals surface area contributed by atoms with Gasteiger partial charge in [0.25, 0.3) is 0 Å². The number of esters is 1. The van der Waals surface area contributed by atoms with Crippen molar-refractivity contribution in [2.75, 3.05) is 7.11 Å². The number of ether oxygens (including phenoxy) is 1. The van der Waals surface area contributed by atoms with E-state index in [9.17, 15) is 4.79 Å². The van der Waals surface area contributed by atoms with E-state index in [2.05, 4.69) is 23.0 Å². The Morgan fingerprint density at radius 3 is 2.81 bits per heavy atom. The number of hydrogen-bond acceptors (Lipinski definition) is 2. The number of hydrogen-bond donors (Lipinski definition) is 0. The molecule has 21 heavy (non-hydrogen) atoms. The van der Waals surface area contributed by atoms with Crippen LogP contribution in [0.3, 0.4) is 0 Å². The maximum absolute atomic E-state index is 11.6. The van der Waals surface area contributed by atoms with Crippen LogP contribution < -0.4 is 0 Å². The summed E-state index contributed by atoms with van der Waals surface area (Å²) < 4.78 is 6.98. The molecule has 0 saturated heterocycles. The molecule has 1 aromatic heterocycles. The normalized spacial score (nSPS) is 13.5. The van der Waals surface area contributed by atoms with E-state index < -0.39 is 0 Å². The molecule has 2 aromatic rings. The molecule has 3 nitrogen and oxygen atoms in total. The summed E-state index contributed by atoms with van der Waals surface area (Å²) in [5.74, 6) is -0.273. The van der Waals surface area contributed by atoms with Crippen LogP contribution in [0.5, 0.6) is 0 Å². The first-order chi connectivity index (χ1) is 10.3. The molecule has 1 aromatic carbocycles. The third-order valence-corrected chi connectivity index (χ3v) is 4.00. The zero-order valence-electron chi connectivity index (χ0n) is 12.2. The topological polar surface area (TPSA) is 31.2 Å². The van der Waals surface area contributed by atoms with Crippen LogP contribution in [0.4, 0.5) is 0 Å². The SMILES string of the molecule is COC(=O)c1ccc2c(c1)C=C(CCn1cccc1)CC2. The standard InChI is InChI=1S/C18H19NO2/c1-21-18(20)16-7-6-15-5-4-14(12-17(15)13-16)8-11-19-9-2-3-10-19/h2-3,6-7,9-10,12-13H,4-5,8,11H2,1H3. The molecule has 108 valence electrons. The summed E-state index contributed by atoms with van der Waals surface area (Å²) in [6, 6.07) is 9.93. The molecule has 1 aliphatic rings. The molecule has 0 fully saturated rings. The number of aryl methyl sites for hydroxylation is 2. The first-order valence-electron chi connectivity index (χ1n) is 7.28. The summed E-state index contributed by atoms with van der Waals surface area (Å²) in [5.41, 5.74) is 4.54. The summed E-state index contributed by atoms with van der Waals surface area (Å²) in [6.45, 7) is 1.00. The predicted molar refractivity (Wildman–Crippen MR) is 83.1 cm³/mol. The van der Waals surface area contributed by atoms with E-state index in [0.29, 0.717) is 5.56 Å². The maximum Gasteiger partial charge on any atom is 0.337 e. The molecule has 1 aliphatic carbocycles. The van der Waals surface area contributed by atoms with Gasteiger partial charge in [0.15, 0.2) is 0 Å². The number of benzene rings is 1. The quantitative estimate of drug-likeness (QED) is 0.800. The van der Waals surface area contributed by atoms with Gasteiger partial charge in [-0.15, -0.1) is 0 Å². The molecule has 3 rings (SSSR count). The fraction of sp³-hybridized carbons (Fsp3) is 0.278. The number of rotatable bonds is 4. The van der Waals surface area contributed by atoms with Crippen LogP contribution >= 0.6 is 0 Å². The fourth-order valence-electron chi connectivity index (χ4n) is 2.78. The Bertz CT molecular complexity index is 669. The van der Waals surface area contributed by atoms with Crippen molar-refractivity contribution in [2.45, 2.75) is 25.8 Å². The number of allylic oxidation sites excluding steroid dienone is 1. The van der Waals surface area contributed by atoms with Crippen LogP contribution in [0.25, 0.3) is 6.08 Å². The summed E-state index contributed by atoms with van der Waals surface area (Å²) in [6.07, 6.45) is 9.62. The number of carbonyl (C=O) groups excluding carboxylic acids is 1. The molecule has 1 heterocycles. The number of nitrogens with zero attached hydrogens (tertiary/aromatic N) is 1. The summed E-state index contributed by atoms with van der Waals surface area (Å²) in [5, 5.41) is 0. The van der Waals surface area contributed by atoms with E-state index in [0.717, 1.165) is 31.4 Å². The monoisotopic (exact) mass is 281 g/mol. The third kappa shape index (κ3) is 3.07. The van der Waals surface area contributed by atoms with Gasteiger partial charge in [-0.2, -0.15) is 0 Å². The highest BCUT2D eigenvalue weighted by molar-refractivity contribution is 5.90. The Balaban J connectivity index is 1.77. The maximum atomic E-state index is 11.6. The minimum absolute atomic E-state index is 0.273. The smallest absolute Gasteiger partial charge is 0.337 e. The summed E-state index contributed by atoms with van der Waals surface area (Å²) in [7, 11) is 1.42. The van der Waals surface area contributed by atoms with Gasteiger partial charge in [0.05, 0.1) is 12.7 Å². The molecule has 0 atom stereocenters. The van der Waals surface area contributed by atoms with Crippen molar-refractivity contribution in [1.29, 1.82) is 0 Å². The number of fused-ring (bicyclic) bond motifs is 1. The lowest BCUT2D eigenvalue weighted by molar-refractivity contribution is 0.0600. The molecule has 0 bridgehead atoms. The molecule has 0 spiro atoms. The molecule has 0 unspecified atom stereocenters. The second kappa shape index (κ2) is 6.00. The van der Waals surface area contributed by atoms with E-state index >= 15 is 0 Å². The second-order valence-corrected chi connectivity index (χ2v) is 5.38. The van der Waals surface area contributed by atoms with Crippen molar-refractivity contribution in [3.8, 4) is 0 Å². The summed E-state index contributed by atoms with van der Waals surface area (Å²) >= 11 is 0. The van der Waals surface area contributed by atoms with Crippen molar-refractivity contribution in [1.82, 2.24) is 4.57 Å². The van der Waals surface area contributed by atoms with E-state index in [-0.39, 0.29) is 5.97 Å². The molecule has 0 saturated carbocycles. The number of methoxy groups -OCH3 is 1. The lowest BCUT2D eigenvalue weighted by atomic mass is 9.89. The van der Waals surface area contributed by atoms with E-state index in [1.807, 2.05) is 30.3 Å². The Morgan fingerprint density at radius 2 is 2.05 bits per heavy atom. The van der Waals surface area contributed by atoms with Gasteiger partial charge in [-0.25, -0.2) is 4.79 Å². The van der Waals surface area contributed by atoms with Gasteiger partial charge < -0.3 is 9.30 Å². The van der Waals surface area contributed by atoms with Crippen LogP contribution in [-0.4, -0.2) is 17.6 Å². The predicted octanol–water partition coefficient (Wildman–Crippen LogP) is 3.69. The van der Waals surface area contributed by atoms with Gasteiger partial charge in [-0.05, 0) is 54.7 Å². The van der Waals surface area contributed by atoms with Gasteiger partial charge in [0.1, 0.15) is 0 Å². The lowest BCUT2D eigenvalue weighted by Gasteiger charge is -2.17. The Kier molecular flexibility index (Phi) is 3.91. The van der Waals surface area contributed by atoms with Gasteiger partial charge >= 0.3 is 5.97 Å². The van der Waals surface area contributed by atoms with E-state index in [1.165, 1.54) is 18.2 Å². The Hall–Kier alpha value is -2.29. The molecule has 0 amide bonds. The highest BCUT2D eigenvalue weighted by Gasteiger charge is 2.13. The van der Waals surface area contributed by atoms with Crippen LogP contribution in [-0.2, 0) is 17.7 Å². The number of carbonyl (C=O) groups is 1. The Morgan fingerprint density at radius 1 is 1.24 bits per heavy atom. The minimum Gasteiger partial charge on any atom is -0.465 e. The van der Waals surface area contributed by atoms with Crippen molar-refractivity contribution in [3.63, 3.8) is 0 Å². The first kappa shape index (κ1) is 13.7. The first-order valence-corrected chi connectivity index (χ1v) is 7.28. The molecule has 0 N–H and O–H groups in total. The lowest BCUT2D eigenvalue weighted by Crippen LogP contribution is -2.06. The zero-order chi connectivity index (χ0) is 14.7. The van der Waals surface area contributed by atoms with Gasteiger partial charge in [-0.3, -0.25) is 0 Å². The van der Waals surface area contributed by atoms with Crippen LogP contribution in [0.2, 0.25) is 0 Å². The van der Waals surface area contributed by atoms with Gasteiger partial charge in [0.2, 0.25) is 0 Å². The molecule has 3 heteroatoms. The average Bonchev–Trinajstić information content (AvgIpc) is 3.04. The second-order valence-electron chi connectivity index (χ2n) is 5.38. The van der Waals surface area contributed by atoms with Crippen LogP contribution in [0.1, 0.15) is 34.3 Å². The van der Waals surface area contributed by atoms with Crippen molar-refractivity contribution < 1.29 is 9.53 Å². The van der Waals surface area contributed by atoms with Crippen LogP contribution in [0.15, 0.2) is 48.3 Å². The van der Waals surface area contributed by atoms with E-state index in [4.69, 9.17) is 4.74 Å². The molecular formula is C18H19NO2. The van der Waals surface area contributed by atoms with E-state index in [1.54, 1.807) is 0 Å². The van der Waals surface area contributed by atoms with Gasteiger partial charge in [0, 0.05) is 18.9 Å². The largest absolute Gasteiger partial charge is 0.465 e. The molecular weight excluding hydrogens is 262 g/mol. The average molecular weight is 281 g/mol. The fourth-order valence-corrected chi connectivity index (χ4v) is 2.78. The van der Waals surface area contributed by atoms with Crippen molar-refractivity contribution in [2.24, 2.45) is 0 Å². The highest BCUT2D eigenvalue weighted by atomic mass is 16.5. The van der Waals surface area contributed by atoms with Gasteiger partial charge in [-0.1, -0.05) is 17.7 Å². The van der Waals surface area contributed by atoms with Crippen molar-refractivity contribution in [3.05, 3.63) is 65.0 Å². The number of aromatic nitrogens is 1. The van der Waals surface area contributed by atoms with Crippen LogP contribution in [0, 0.1) is 0 Å². The summed E-state index contributed by atoms with van der Waals surface area (Å²) in [4.78, 5) is 11.6.